The second-order valence-corrected chi connectivity index (χ2v) is 6.46. The lowest BCUT2D eigenvalue weighted by atomic mass is 10.2. The number of nitrogens with one attached hydrogen (secondary N) is 2. The number of methoxy groups -OCH3 is 1. The number of thiocarbonyl (C=S) groups is 1. The first-order valence-electron chi connectivity index (χ1n) is 8.79. The van der Waals surface area contributed by atoms with E-state index in [1.165, 1.54) is 7.11 Å². The summed E-state index contributed by atoms with van der Waals surface area (Å²) in [6.45, 7) is 5.47. The standard InChI is InChI=1S/C20H23ClN2O4S/c1-4-26-17-9-6-13(10-18(17)27-5-2)12-22-20(28)23-14-7-8-16(21)15(11-14)19(24)25-3/h6-11H,4-5,12H2,1-3H3,(H2,22,23,28). The Labute approximate surface area is 175 Å². The van der Waals surface area contributed by atoms with Gasteiger partial charge in [0.25, 0.3) is 0 Å². The Hall–Kier alpha value is -2.51. The van der Waals surface area contributed by atoms with E-state index in [1.807, 2.05) is 32.0 Å². The first kappa shape index (κ1) is 21.8. The average molecular weight is 423 g/mol. The van der Waals surface area contributed by atoms with Gasteiger partial charge in [0.2, 0.25) is 0 Å². The Bertz CT molecular complexity index is 845. The predicted octanol–water partition coefficient (Wildman–Crippen LogP) is 4.41. The molecule has 0 saturated heterocycles. The van der Waals surface area contributed by atoms with E-state index in [2.05, 4.69) is 10.6 Å². The third-order valence-corrected chi connectivity index (χ3v) is 4.27. The van der Waals surface area contributed by atoms with Gasteiger partial charge in [0.15, 0.2) is 16.6 Å². The highest BCUT2D eigenvalue weighted by atomic mass is 35.5. The normalized spacial score (nSPS) is 10.1. The molecule has 0 radical (unpaired) electrons. The molecule has 0 saturated carbocycles. The van der Waals surface area contributed by atoms with Crippen LogP contribution in [0.5, 0.6) is 11.5 Å². The predicted molar refractivity (Wildman–Crippen MR) is 115 cm³/mol. The first-order chi connectivity index (χ1) is 13.5. The number of esters is 1. The highest BCUT2D eigenvalue weighted by Gasteiger charge is 2.12. The number of rotatable bonds is 8. The van der Waals surface area contributed by atoms with Crippen molar-refractivity contribution < 1.29 is 19.0 Å². The molecule has 0 heterocycles. The summed E-state index contributed by atoms with van der Waals surface area (Å²) in [4.78, 5) is 11.7. The van der Waals surface area contributed by atoms with Crippen molar-refractivity contribution in [3.8, 4) is 11.5 Å². The van der Waals surface area contributed by atoms with Gasteiger partial charge in [-0.15, -0.1) is 0 Å². The molecule has 0 atom stereocenters. The number of carbonyl (C=O) groups is 1. The molecule has 8 heteroatoms. The number of hydrogen-bond acceptors (Lipinski definition) is 5. The summed E-state index contributed by atoms with van der Waals surface area (Å²) >= 11 is 11.4. The van der Waals surface area contributed by atoms with Gasteiger partial charge in [-0.05, 0) is 62.0 Å². The van der Waals surface area contributed by atoms with Crippen molar-refractivity contribution in [3.05, 3.63) is 52.5 Å². The number of anilines is 1. The van der Waals surface area contributed by atoms with Crippen LogP contribution in [-0.4, -0.2) is 31.4 Å². The van der Waals surface area contributed by atoms with Crippen LogP contribution < -0.4 is 20.1 Å². The van der Waals surface area contributed by atoms with Gasteiger partial charge in [0.1, 0.15) is 0 Å². The van der Waals surface area contributed by atoms with E-state index in [1.54, 1.807) is 18.2 Å². The van der Waals surface area contributed by atoms with E-state index < -0.39 is 5.97 Å². The summed E-state index contributed by atoms with van der Waals surface area (Å²) in [5.74, 6) is 0.902. The Balaban J connectivity index is 2.01. The minimum absolute atomic E-state index is 0.268. The first-order valence-corrected chi connectivity index (χ1v) is 9.58. The Morgan fingerprint density at radius 3 is 2.46 bits per heavy atom. The highest BCUT2D eigenvalue weighted by molar-refractivity contribution is 7.80. The highest BCUT2D eigenvalue weighted by Crippen LogP contribution is 2.28. The van der Waals surface area contributed by atoms with Crippen molar-refractivity contribution in [2.45, 2.75) is 20.4 Å². The van der Waals surface area contributed by atoms with E-state index in [9.17, 15) is 4.79 Å². The molecule has 0 aromatic heterocycles. The van der Waals surface area contributed by atoms with Gasteiger partial charge in [-0.25, -0.2) is 4.79 Å². The van der Waals surface area contributed by atoms with E-state index in [0.29, 0.717) is 47.1 Å². The van der Waals surface area contributed by atoms with Crippen molar-refractivity contribution in [2.24, 2.45) is 0 Å². The minimum Gasteiger partial charge on any atom is -0.490 e. The zero-order chi connectivity index (χ0) is 20.5. The molecule has 0 fully saturated rings. The van der Waals surface area contributed by atoms with Crippen LogP contribution in [0.3, 0.4) is 0 Å². The van der Waals surface area contributed by atoms with Crippen LogP contribution in [0, 0.1) is 0 Å². The molecule has 0 bridgehead atoms. The maximum absolute atomic E-state index is 11.7. The molecule has 0 amide bonds. The lowest BCUT2D eigenvalue weighted by Crippen LogP contribution is -2.28. The second-order valence-electron chi connectivity index (χ2n) is 5.64. The fourth-order valence-electron chi connectivity index (χ4n) is 2.43. The summed E-state index contributed by atoms with van der Waals surface area (Å²) < 4.78 is 15.9. The van der Waals surface area contributed by atoms with E-state index in [0.717, 1.165) is 5.56 Å². The zero-order valence-electron chi connectivity index (χ0n) is 16.0. The van der Waals surface area contributed by atoms with Gasteiger partial charge in [-0.3, -0.25) is 0 Å². The van der Waals surface area contributed by atoms with Crippen molar-refractivity contribution in [2.75, 3.05) is 25.6 Å². The SMILES string of the molecule is CCOc1ccc(CNC(=S)Nc2ccc(Cl)c(C(=O)OC)c2)cc1OCC. The maximum atomic E-state index is 11.7. The minimum atomic E-state index is -0.509. The van der Waals surface area contributed by atoms with E-state index in [-0.39, 0.29) is 5.56 Å². The van der Waals surface area contributed by atoms with Crippen molar-refractivity contribution in [3.63, 3.8) is 0 Å². The molecular weight excluding hydrogens is 400 g/mol. The molecule has 0 aliphatic carbocycles. The molecule has 2 rings (SSSR count). The van der Waals surface area contributed by atoms with Gasteiger partial charge in [0, 0.05) is 12.2 Å². The van der Waals surface area contributed by atoms with Gasteiger partial charge >= 0.3 is 5.97 Å². The molecular formula is C20H23ClN2O4S. The van der Waals surface area contributed by atoms with Crippen LogP contribution >= 0.6 is 23.8 Å². The second kappa shape index (κ2) is 10.7. The summed E-state index contributed by atoms with van der Waals surface area (Å²) in [5.41, 5.74) is 1.89. The molecule has 150 valence electrons. The molecule has 2 N–H and O–H groups in total. The van der Waals surface area contributed by atoms with E-state index in [4.69, 9.17) is 38.0 Å². The van der Waals surface area contributed by atoms with Gasteiger partial charge in [-0.2, -0.15) is 0 Å². The third-order valence-electron chi connectivity index (χ3n) is 3.69. The third kappa shape index (κ3) is 6.00. The molecule has 0 aliphatic heterocycles. The molecule has 0 spiro atoms. The fourth-order valence-corrected chi connectivity index (χ4v) is 2.82. The maximum Gasteiger partial charge on any atom is 0.339 e. The molecule has 2 aromatic carbocycles. The number of carbonyl (C=O) groups excluding carboxylic acids is 1. The topological polar surface area (TPSA) is 68.8 Å². The van der Waals surface area contributed by atoms with Crippen LogP contribution in [-0.2, 0) is 11.3 Å². The van der Waals surface area contributed by atoms with Gasteiger partial charge in [-0.1, -0.05) is 17.7 Å². The van der Waals surface area contributed by atoms with Crippen molar-refractivity contribution in [1.29, 1.82) is 0 Å². The van der Waals surface area contributed by atoms with Gasteiger partial charge in [0.05, 0.1) is 30.9 Å². The molecule has 2 aromatic rings. The summed E-state index contributed by atoms with van der Waals surface area (Å²) in [5, 5.41) is 6.87. The largest absolute Gasteiger partial charge is 0.490 e. The van der Waals surface area contributed by atoms with Gasteiger partial charge < -0.3 is 24.8 Å². The van der Waals surface area contributed by atoms with Crippen LogP contribution in [0.2, 0.25) is 5.02 Å². The summed E-state index contributed by atoms with van der Waals surface area (Å²) in [6.07, 6.45) is 0. The lowest BCUT2D eigenvalue weighted by Gasteiger charge is -2.14. The van der Waals surface area contributed by atoms with Crippen LogP contribution in [0.15, 0.2) is 36.4 Å². The number of halogens is 1. The zero-order valence-corrected chi connectivity index (χ0v) is 17.6. The van der Waals surface area contributed by atoms with Crippen molar-refractivity contribution >= 4 is 40.6 Å². The monoisotopic (exact) mass is 422 g/mol. The lowest BCUT2D eigenvalue weighted by molar-refractivity contribution is 0.0601. The summed E-state index contributed by atoms with van der Waals surface area (Å²) in [6, 6.07) is 10.7. The Kier molecular flexibility index (Phi) is 8.35. The number of hydrogen-bond donors (Lipinski definition) is 2. The molecule has 0 aliphatic rings. The quantitative estimate of drug-likeness (QED) is 0.482. The number of ether oxygens (including phenoxy) is 3. The summed E-state index contributed by atoms with van der Waals surface area (Å²) in [7, 11) is 1.30. The van der Waals surface area contributed by atoms with Crippen LogP contribution in [0.4, 0.5) is 5.69 Å². The van der Waals surface area contributed by atoms with Crippen molar-refractivity contribution in [1.82, 2.24) is 5.32 Å². The molecule has 28 heavy (non-hydrogen) atoms. The van der Waals surface area contributed by atoms with Crippen LogP contribution in [0.25, 0.3) is 0 Å². The number of benzene rings is 2. The van der Waals surface area contributed by atoms with E-state index >= 15 is 0 Å². The van der Waals surface area contributed by atoms with Crippen LogP contribution in [0.1, 0.15) is 29.8 Å². The Morgan fingerprint density at radius 2 is 1.79 bits per heavy atom. The fraction of sp³-hybridized carbons (Fsp3) is 0.300. The molecule has 0 unspecified atom stereocenters. The average Bonchev–Trinajstić information content (AvgIpc) is 2.69. The Morgan fingerprint density at radius 1 is 1.07 bits per heavy atom. The molecule has 6 nitrogen and oxygen atoms in total. The smallest absolute Gasteiger partial charge is 0.339 e.